The van der Waals surface area contributed by atoms with Gasteiger partial charge < -0.3 is 9.47 Å². The van der Waals surface area contributed by atoms with Crippen LogP contribution in [0.25, 0.3) is 0 Å². The molecule has 1 fully saturated rings. The Labute approximate surface area is 195 Å². The Morgan fingerprint density at radius 3 is 1.71 bits per heavy atom. The topological polar surface area (TPSA) is 18.5 Å². The Bertz CT molecular complexity index is 890. The Morgan fingerprint density at radius 1 is 0.774 bits per heavy atom. The van der Waals surface area contributed by atoms with Gasteiger partial charge in [-0.25, -0.2) is 0 Å². The van der Waals surface area contributed by atoms with E-state index in [-0.39, 0.29) is 22.5 Å². The molecule has 3 rings (SSSR count). The monoisotopic (exact) mass is 460 g/mol. The van der Waals surface area contributed by atoms with Gasteiger partial charge in [-0.15, -0.1) is 0 Å². The fraction of sp³-hybridized carbons (Fsp3) is 0.556. The molecular formula is C27H38ClO2P. The number of hydrogen-bond donors (Lipinski definition) is 0. The van der Waals surface area contributed by atoms with Crippen molar-refractivity contribution in [1.82, 2.24) is 0 Å². The van der Waals surface area contributed by atoms with E-state index in [2.05, 4.69) is 92.6 Å². The molecule has 4 heteroatoms. The van der Waals surface area contributed by atoms with Gasteiger partial charge in [-0.3, -0.25) is 0 Å². The highest BCUT2D eigenvalue weighted by Gasteiger charge is 2.34. The molecular weight excluding hydrogens is 423 g/mol. The van der Waals surface area contributed by atoms with E-state index in [4.69, 9.17) is 20.7 Å². The first-order valence-corrected chi connectivity index (χ1v) is 13.4. The van der Waals surface area contributed by atoms with Gasteiger partial charge in [0.2, 0.25) is 0 Å². The predicted octanol–water partition coefficient (Wildman–Crippen LogP) is 7.21. The summed E-state index contributed by atoms with van der Waals surface area (Å²) in [6.07, 6.45) is -0.329. The van der Waals surface area contributed by atoms with E-state index in [1.807, 2.05) is 6.07 Å². The summed E-state index contributed by atoms with van der Waals surface area (Å²) in [7, 11) is -1.11. The number of ether oxygens (including phenoxy) is 2. The zero-order valence-electron chi connectivity index (χ0n) is 20.6. The third-order valence-corrected chi connectivity index (χ3v) is 8.57. The summed E-state index contributed by atoms with van der Waals surface area (Å²) in [6, 6.07) is 13.2. The largest absolute Gasteiger partial charge is 0.346 e. The molecule has 1 saturated heterocycles. The van der Waals surface area contributed by atoms with Gasteiger partial charge >= 0.3 is 0 Å². The number of rotatable bonds is 3. The van der Waals surface area contributed by atoms with Crippen LogP contribution in [-0.4, -0.2) is 13.2 Å². The minimum absolute atomic E-state index is 0.0264. The zero-order valence-corrected chi connectivity index (χ0v) is 22.2. The lowest BCUT2D eigenvalue weighted by atomic mass is 9.75. The van der Waals surface area contributed by atoms with E-state index < -0.39 is 7.27 Å². The van der Waals surface area contributed by atoms with E-state index >= 15 is 0 Å². The first kappa shape index (κ1) is 24.7. The average molecular weight is 461 g/mol. The first-order chi connectivity index (χ1) is 14.2. The Balaban J connectivity index is 2.30. The highest BCUT2D eigenvalue weighted by atomic mass is 35.7. The number of hydrogen-bond acceptors (Lipinski definition) is 2. The number of halogens is 1. The first-order valence-electron chi connectivity index (χ1n) is 11.2. The lowest BCUT2D eigenvalue weighted by molar-refractivity contribution is -0.0433. The maximum absolute atomic E-state index is 7.46. The summed E-state index contributed by atoms with van der Waals surface area (Å²) in [4.78, 5) is 0. The van der Waals surface area contributed by atoms with Crippen LogP contribution in [-0.2, 0) is 25.7 Å². The fourth-order valence-corrected chi connectivity index (χ4v) is 7.04. The fourth-order valence-electron chi connectivity index (χ4n) is 3.95. The van der Waals surface area contributed by atoms with Crippen LogP contribution < -0.4 is 10.6 Å². The lowest BCUT2D eigenvalue weighted by Crippen LogP contribution is -2.33. The van der Waals surface area contributed by atoms with Crippen LogP contribution in [0.2, 0.25) is 0 Å². The van der Waals surface area contributed by atoms with Gasteiger partial charge in [0.05, 0.1) is 20.5 Å². The van der Waals surface area contributed by atoms with Crippen LogP contribution >= 0.6 is 18.5 Å². The maximum atomic E-state index is 7.46. The summed E-state index contributed by atoms with van der Waals surface area (Å²) in [5.41, 5.74) is 5.12. The molecule has 1 atom stereocenters. The van der Waals surface area contributed by atoms with E-state index in [0.717, 1.165) is 10.9 Å². The van der Waals surface area contributed by atoms with Gasteiger partial charge in [0.25, 0.3) is 0 Å². The van der Waals surface area contributed by atoms with Crippen molar-refractivity contribution in [3.8, 4) is 0 Å². The molecule has 2 aromatic rings. The molecule has 2 nitrogen and oxygen atoms in total. The summed E-state index contributed by atoms with van der Waals surface area (Å²) < 4.78 is 11.7. The molecule has 1 unspecified atom stereocenters. The second-order valence-electron chi connectivity index (χ2n) is 11.6. The predicted molar refractivity (Wildman–Crippen MR) is 136 cm³/mol. The molecule has 0 bridgehead atoms. The second-order valence-corrected chi connectivity index (χ2v) is 14.1. The van der Waals surface area contributed by atoms with E-state index in [0.29, 0.717) is 13.2 Å². The molecule has 0 aromatic heterocycles. The van der Waals surface area contributed by atoms with E-state index in [9.17, 15) is 0 Å². The van der Waals surface area contributed by atoms with Crippen molar-refractivity contribution in [1.29, 1.82) is 0 Å². The van der Waals surface area contributed by atoms with Crippen LogP contribution in [0.1, 0.15) is 90.9 Å². The van der Waals surface area contributed by atoms with Crippen LogP contribution in [0.5, 0.6) is 0 Å². The molecule has 0 spiro atoms. The molecule has 0 radical (unpaired) electrons. The van der Waals surface area contributed by atoms with Crippen molar-refractivity contribution in [3.63, 3.8) is 0 Å². The van der Waals surface area contributed by atoms with Crippen LogP contribution in [0, 0.1) is 0 Å². The Morgan fingerprint density at radius 2 is 1.26 bits per heavy atom. The van der Waals surface area contributed by atoms with Crippen molar-refractivity contribution in [2.75, 3.05) is 13.2 Å². The third-order valence-electron chi connectivity index (χ3n) is 5.81. The molecule has 170 valence electrons. The smallest absolute Gasteiger partial charge is 0.184 e. The van der Waals surface area contributed by atoms with Crippen molar-refractivity contribution >= 4 is 29.1 Å². The van der Waals surface area contributed by atoms with Gasteiger partial charge in [0.1, 0.15) is 0 Å². The van der Waals surface area contributed by atoms with Gasteiger partial charge in [0.15, 0.2) is 6.29 Å². The van der Waals surface area contributed by atoms with Gasteiger partial charge in [0, 0.05) is 16.2 Å². The van der Waals surface area contributed by atoms with E-state index in [1.165, 1.54) is 22.0 Å². The third kappa shape index (κ3) is 5.36. The van der Waals surface area contributed by atoms with Gasteiger partial charge in [-0.05, 0) is 32.9 Å². The minimum atomic E-state index is -1.11. The second kappa shape index (κ2) is 8.79. The molecule has 0 aliphatic carbocycles. The maximum Gasteiger partial charge on any atom is 0.184 e. The molecule has 0 amide bonds. The average Bonchev–Trinajstić information content (AvgIpc) is 3.19. The zero-order chi connectivity index (χ0) is 23.2. The summed E-state index contributed by atoms with van der Waals surface area (Å²) in [5, 5.41) is 2.42. The molecule has 1 heterocycles. The number of benzene rings is 2. The van der Waals surface area contributed by atoms with Gasteiger partial charge in [-0.2, -0.15) is 0 Å². The van der Waals surface area contributed by atoms with Crippen molar-refractivity contribution in [2.24, 2.45) is 0 Å². The van der Waals surface area contributed by atoms with E-state index in [1.54, 1.807) is 0 Å². The van der Waals surface area contributed by atoms with Crippen molar-refractivity contribution < 1.29 is 9.47 Å². The molecule has 0 saturated carbocycles. The highest BCUT2D eigenvalue weighted by Crippen LogP contribution is 2.48. The summed E-state index contributed by atoms with van der Waals surface area (Å²) in [5.74, 6) is 0. The van der Waals surface area contributed by atoms with Crippen LogP contribution in [0.4, 0.5) is 0 Å². The quantitative estimate of drug-likeness (QED) is 0.450. The summed E-state index contributed by atoms with van der Waals surface area (Å²) >= 11 is 7.46. The Kier molecular flexibility index (Phi) is 7.01. The molecule has 1 aliphatic rings. The van der Waals surface area contributed by atoms with Crippen molar-refractivity contribution in [2.45, 2.75) is 84.8 Å². The molecule has 1 aliphatic heterocycles. The normalized spacial score (nSPS) is 17.2. The van der Waals surface area contributed by atoms with Crippen LogP contribution in [0.15, 0.2) is 36.4 Å². The summed E-state index contributed by atoms with van der Waals surface area (Å²) in [6.45, 7) is 21.9. The van der Waals surface area contributed by atoms with Crippen LogP contribution in [0.3, 0.4) is 0 Å². The van der Waals surface area contributed by atoms with Gasteiger partial charge in [-0.1, -0.05) is 110 Å². The molecule has 0 N–H and O–H groups in total. The minimum Gasteiger partial charge on any atom is -0.346 e. The van der Waals surface area contributed by atoms with Crippen molar-refractivity contribution in [3.05, 3.63) is 58.7 Å². The molecule has 31 heavy (non-hydrogen) atoms. The standard InChI is InChI=1S/C27H38ClO2P/c1-25(2,3)18-16-20(26(4,5)6)23(21(17-18)27(7,8)9)31(28)22-13-11-10-12-19(22)24-29-14-15-30-24/h10-13,16-17,24H,14-15H2,1-9H3. The lowest BCUT2D eigenvalue weighted by Gasteiger charge is -2.35. The molecule has 2 aromatic carbocycles. The highest BCUT2D eigenvalue weighted by molar-refractivity contribution is 7.95. The SMILES string of the molecule is CC(C)(C)c1cc(C(C)(C)C)c(P(Cl)c2ccccc2C2OCCO2)c(C(C)(C)C)c1. The Hall–Kier alpha value is -0.920.